The van der Waals surface area contributed by atoms with Crippen LogP contribution in [0, 0.1) is 11.8 Å². The van der Waals surface area contributed by atoms with E-state index in [0.717, 1.165) is 22.3 Å². The smallest absolute Gasteiger partial charge is 0.176 e. The fraction of sp³-hybridized carbons (Fsp3) is 0.588. The molecule has 1 heterocycles. The van der Waals surface area contributed by atoms with Crippen molar-refractivity contribution in [2.24, 2.45) is 11.8 Å². The van der Waals surface area contributed by atoms with E-state index in [1.165, 1.54) is 6.42 Å². The Labute approximate surface area is 135 Å². The number of hydrogen-bond acceptors (Lipinski definition) is 3. The molecule has 0 aromatic heterocycles. The number of benzene rings is 1. The number of rotatable bonds is 4. The normalized spacial score (nSPS) is 26.6. The number of halogens is 1. The maximum atomic E-state index is 12.5. The molecule has 116 valence electrons. The quantitative estimate of drug-likeness (QED) is 0.766. The number of carbonyl (C=O) groups is 1. The van der Waals surface area contributed by atoms with Gasteiger partial charge in [0.2, 0.25) is 0 Å². The van der Waals surface area contributed by atoms with Crippen LogP contribution in [0.2, 0.25) is 0 Å². The number of ketones is 1. The third kappa shape index (κ3) is 3.86. The predicted molar refractivity (Wildman–Crippen MR) is 89.0 cm³/mol. The second kappa shape index (κ2) is 6.93. The zero-order valence-electron chi connectivity index (χ0n) is 13.2. The van der Waals surface area contributed by atoms with Gasteiger partial charge in [0.1, 0.15) is 5.75 Å². The number of ether oxygens (including phenoxy) is 1. The molecule has 4 heteroatoms. The van der Waals surface area contributed by atoms with Crippen molar-refractivity contribution >= 4 is 21.7 Å². The van der Waals surface area contributed by atoms with Gasteiger partial charge in [-0.1, -0.05) is 13.8 Å². The first-order chi connectivity index (χ1) is 9.92. The van der Waals surface area contributed by atoms with Gasteiger partial charge in [0.25, 0.3) is 0 Å². The van der Waals surface area contributed by atoms with Crippen molar-refractivity contribution in [3.8, 4) is 5.75 Å². The minimum Gasteiger partial charge on any atom is -0.496 e. The molecule has 1 saturated heterocycles. The summed E-state index contributed by atoms with van der Waals surface area (Å²) in [7, 11) is 1.62. The zero-order valence-corrected chi connectivity index (χ0v) is 14.8. The van der Waals surface area contributed by atoms with Gasteiger partial charge in [-0.3, -0.25) is 9.69 Å². The summed E-state index contributed by atoms with van der Waals surface area (Å²) >= 11 is 3.44. The van der Waals surface area contributed by atoms with E-state index in [0.29, 0.717) is 24.4 Å². The lowest BCUT2D eigenvalue weighted by molar-refractivity contribution is 0.0650. The van der Waals surface area contributed by atoms with E-state index in [4.69, 9.17) is 4.74 Å². The molecule has 21 heavy (non-hydrogen) atoms. The van der Waals surface area contributed by atoms with Crippen LogP contribution in [0.5, 0.6) is 5.75 Å². The summed E-state index contributed by atoms with van der Waals surface area (Å²) in [6, 6.07) is 5.99. The van der Waals surface area contributed by atoms with Crippen molar-refractivity contribution in [2.45, 2.75) is 33.2 Å². The highest BCUT2D eigenvalue weighted by atomic mass is 79.9. The van der Waals surface area contributed by atoms with Crippen LogP contribution in [-0.2, 0) is 0 Å². The van der Waals surface area contributed by atoms with Gasteiger partial charge in [-0.2, -0.15) is 0 Å². The van der Waals surface area contributed by atoms with E-state index in [9.17, 15) is 4.79 Å². The molecule has 3 nitrogen and oxygen atoms in total. The van der Waals surface area contributed by atoms with E-state index in [1.807, 2.05) is 18.2 Å². The van der Waals surface area contributed by atoms with Crippen LogP contribution in [0.1, 0.15) is 37.6 Å². The van der Waals surface area contributed by atoms with Gasteiger partial charge < -0.3 is 4.74 Å². The van der Waals surface area contributed by atoms with Crippen LogP contribution < -0.4 is 4.74 Å². The number of likely N-dealkylation sites (tertiary alicyclic amines) is 1. The van der Waals surface area contributed by atoms with E-state index in [-0.39, 0.29) is 5.78 Å². The van der Waals surface area contributed by atoms with Crippen molar-refractivity contribution in [3.05, 3.63) is 28.2 Å². The molecule has 0 saturated carbocycles. The van der Waals surface area contributed by atoms with Crippen molar-refractivity contribution in [1.29, 1.82) is 0 Å². The summed E-state index contributed by atoms with van der Waals surface area (Å²) in [5.74, 6) is 2.22. The summed E-state index contributed by atoms with van der Waals surface area (Å²) in [5, 5.41) is 0. The predicted octanol–water partition coefficient (Wildman–Crippen LogP) is 4.01. The molecule has 1 aliphatic heterocycles. The van der Waals surface area contributed by atoms with E-state index >= 15 is 0 Å². The molecule has 0 aliphatic carbocycles. The minimum absolute atomic E-state index is 0.173. The SMILES string of the molecule is COc1ccc(C(=O)CN2CC(C)CC(C)C2C)cc1Br. The van der Waals surface area contributed by atoms with Crippen LogP contribution in [-0.4, -0.2) is 36.9 Å². The summed E-state index contributed by atoms with van der Waals surface area (Å²) in [6.07, 6.45) is 1.25. The highest BCUT2D eigenvalue weighted by Crippen LogP contribution is 2.28. The first kappa shape index (κ1) is 16.5. The van der Waals surface area contributed by atoms with Gasteiger partial charge in [-0.25, -0.2) is 0 Å². The van der Waals surface area contributed by atoms with Crippen LogP contribution in [0.25, 0.3) is 0 Å². The average Bonchev–Trinajstić information content (AvgIpc) is 2.44. The first-order valence-electron chi connectivity index (χ1n) is 7.53. The van der Waals surface area contributed by atoms with Gasteiger partial charge in [-0.05, 0) is 59.3 Å². The Morgan fingerprint density at radius 2 is 2.10 bits per heavy atom. The van der Waals surface area contributed by atoms with Crippen molar-refractivity contribution < 1.29 is 9.53 Å². The van der Waals surface area contributed by atoms with Crippen molar-refractivity contribution in [1.82, 2.24) is 4.90 Å². The van der Waals surface area contributed by atoms with Crippen LogP contribution in [0.4, 0.5) is 0 Å². The van der Waals surface area contributed by atoms with Crippen LogP contribution in [0.15, 0.2) is 22.7 Å². The Morgan fingerprint density at radius 1 is 1.38 bits per heavy atom. The van der Waals surface area contributed by atoms with Crippen LogP contribution >= 0.6 is 15.9 Å². The molecule has 1 aromatic carbocycles. The maximum absolute atomic E-state index is 12.5. The molecule has 0 spiro atoms. The third-order valence-electron chi connectivity index (χ3n) is 4.54. The third-order valence-corrected chi connectivity index (χ3v) is 5.16. The molecule has 0 amide bonds. The van der Waals surface area contributed by atoms with Gasteiger partial charge in [0.05, 0.1) is 18.1 Å². The average molecular weight is 354 g/mol. The molecule has 1 aliphatic rings. The summed E-state index contributed by atoms with van der Waals surface area (Å²) < 4.78 is 6.03. The Bertz CT molecular complexity index is 518. The molecule has 0 radical (unpaired) electrons. The van der Waals surface area contributed by atoms with Crippen molar-refractivity contribution in [2.75, 3.05) is 20.2 Å². The lowest BCUT2D eigenvalue weighted by Crippen LogP contribution is -2.47. The summed E-state index contributed by atoms with van der Waals surface area (Å²) in [4.78, 5) is 14.8. The summed E-state index contributed by atoms with van der Waals surface area (Å²) in [5.41, 5.74) is 0.737. The number of methoxy groups -OCH3 is 1. The van der Waals surface area contributed by atoms with E-state index in [2.05, 4.69) is 41.6 Å². The molecule has 0 bridgehead atoms. The Hall–Kier alpha value is -0.870. The fourth-order valence-electron chi connectivity index (χ4n) is 3.16. The molecule has 1 aromatic rings. The molecule has 3 atom stereocenters. The molecular weight excluding hydrogens is 330 g/mol. The monoisotopic (exact) mass is 353 g/mol. The number of carbonyl (C=O) groups excluding carboxylic acids is 1. The molecule has 1 fully saturated rings. The second-order valence-corrected chi connectivity index (χ2v) is 7.12. The fourth-order valence-corrected chi connectivity index (χ4v) is 3.70. The largest absolute Gasteiger partial charge is 0.496 e. The van der Waals surface area contributed by atoms with Gasteiger partial charge in [0.15, 0.2) is 5.78 Å². The highest BCUT2D eigenvalue weighted by Gasteiger charge is 2.30. The van der Waals surface area contributed by atoms with Gasteiger partial charge in [-0.15, -0.1) is 0 Å². The first-order valence-corrected chi connectivity index (χ1v) is 8.32. The van der Waals surface area contributed by atoms with E-state index in [1.54, 1.807) is 7.11 Å². The Balaban J connectivity index is 2.08. The second-order valence-electron chi connectivity index (χ2n) is 6.26. The lowest BCUT2D eigenvalue weighted by Gasteiger charge is -2.40. The van der Waals surface area contributed by atoms with Gasteiger partial charge >= 0.3 is 0 Å². The number of hydrogen-bond donors (Lipinski definition) is 0. The molecule has 2 rings (SSSR count). The maximum Gasteiger partial charge on any atom is 0.176 e. The number of piperidine rings is 1. The number of nitrogens with zero attached hydrogens (tertiary/aromatic N) is 1. The summed E-state index contributed by atoms with van der Waals surface area (Å²) in [6.45, 7) is 8.28. The standard InChI is InChI=1S/C17H24BrNO2/c1-11-7-12(2)13(3)19(9-11)10-16(20)14-5-6-17(21-4)15(18)8-14/h5-6,8,11-13H,7,9-10H2,1-4H3. The molecular formula is C17H24BrNO2. The Kier molecular flexibility index (Phi) is 5.44. The van der Waals surface area contributed by atoms with Crippen LogP contribution in [0.3, 0.4) is 0 Å². The van der Waals surface area contributed by atoms with Gasteiger partial charge in [0, 0.05) is 18.2 Å². The lowest BCUT2D eigenvalue weighted by atomic mass is 9.86. The minimum atomic E-state index is 0.173. The topological polar surface area (TPSA) is 29.5 Å². The Morgan fingerprint density at radius 3 is 2.71 bits per heavy atom. The zero-order chi connectivity index (χ0) is 15.6. The van der Waals surface area contributed by atoms with E-state index < -0.39 is 0 Å². The number of Topliss-reactive ketones (excluding diaryl/α,β-unsaturated/α-hetero) is 1. The van der Waals surface area contributed by atoms with Crippen molar-refractivity contribution in [3.63, 3.8) is 0 Å². The molecule has 0 N–H and O–H groups in total. The highest BCUT2D eigenvalue weighted by molar-refractivity contribution is 9.10. The molecule has 3 unspecified atom stereocenters.